The molecule has 46 heavy (non-hydrogen) atoms. The summed E-state index contributed by atoms with van der Waals surface area (Å²) in [5.41, 5.74) is 5.84. The van der Waals surface area contributed by atoms with E-state index in [1.165, 1.54) is 5.56 Å². The van der Waals surface area contributed by atoms with Gasteiger partial charge in [0.15, 0.2) is 0 Å². The van der Waals surface area contributed by atoms with E-state index in [2.05, 4.69) is 38.1 Å². The zero-order valence-corrected chi connectivity index (χ0v) is 27.7. The monoisotopic (exact) mass is 644 g/mol. The summed E-state index contributed by atoms with van der Waals surface area (Å²) in [4.78, 5) is 0. The summed E-state index contributed by atoms with van der Waals surface area (Å²) < 4.78 is 30.2. The highest BCUT2D eigenvalue weighted by atomic mass is 35.5. The first kappa shape index (κ1) is 34.3. The van der Waals surface area contributed by atoms with Gasteiger partial charge in [-0.1, -0.05) is 116 Å². The minimum Gasteiger partial charge on any atom is -0.370 e. The highest BCUT2D eigenvalue weighted by Gasteiger charge is 2.54. The molecule has 4 aromatic carbocycles. The van der Waals surface area contributed by atoms with Gasteiger partial charge in [0.1, 0.15) is 12.9 Å². The smallest absolute Gasteiger partial charge is 0.222 e. The number of halogens is 1. The van der Waals surface area contributed by atoms with Gasteiger partial charge in [0, 0.05) is 23.6 Å². The molecule has 1 heterocycles. The van der Waals surface area contributed by atoms with E-state index in [9.17, 15) is 5.11 Å². The van der Waals surface area contributed by atoms with E-state index >= 15 is 0 Å². The number of hydrogen-bond acceptors (Lipinski definition) is 6. The third-order valence-corrected chi connectivity index (χ3v) is 9.06. The molecule has 5 rings (SSSR count). The minimum absolute atomic E-state index is 0.0278. The topological polar surface area (TPSA) is 66.4 Å². The van der Waals surface area contributed by atoms with E-state index in [1.807, 2.05) is 78.9 Å². The summed E-state index contributed by atoms with van der Waals surface area (Å²) in [6.07, 6.45) is 0.625. The number of benzene rings is 4. The molecule has 0 aliphatic carbocycles. The summed E-state index contributed by atoms with van der Waals surface area (Å²) in [7, 11) is 1.62. The molecule has 1 N–H and O–H groups in total. The summed E-state index contributed by atoms with van der Waals surface area (Å²) >= 11 is 6.76. The molecule has 1 fully saturated rings. The van der Waals surface area contributed by atoms with E-state index in [0.717, 1.165) is 28.7 Å². The summed E-state index contributed by atoms with van der Waals surface area (Å²) in [5, 5.41) is 13.2. The number of methoxy groups -OCH3 is 1. The predicted molar refractivity (Wildman–Crippen MR) is 180 cm³/mol. The van der Waals surface area contributed by atoms with Crippen molar-refractivity contribution in [3.63, 3.8) is 0 Å². The molecule has 0 spiro atoms. The van der Waals surface area contributed by atoms with Gasteiger partial charge in [-0.25, -0.2) is 0 Å². The molecule has 1 aliphatic rings. The normalized spacial score (nSPS) is 23.0. The van der Waals surface area contributed by atoms with Crippen LogP contribution in [0.4, 0.5) is 0 Å². The van der Waals surface area contributed by atoms with Crippen LogP contribution >= 0.6 is 11.6 Å². The van der Waals surface area contributed by atoms with Crippen LogP contribution in [0.5, 0.6) is 0 Å². The van der Waals surface area contributed by atoms with Crippen LogP contribution in [-0.2, 0) is 55.5 Å². The van der Waals surface area contributed by atoms with E-state index < -0.39 is 18.0 Å². The number of ether oxygens (including phenoxy) is 5. The fourth-order valence-corrected chi connectivity index (χ4v) is 6.27. The van der Waals surface area contributed by atoms with Crippen molar-refractivity contribution >= 4 is 11.6 Å². The van der Waals surface area contributed by atoms with Crippen molar-refractivity contribution in [2.24, 2.45) is 5.92 Å². The summed E-state index contributed by atoms with van der Waals surface area (Å²) in [5.74, 6) is -1.80. The molecular weight excluding hydrogens is 600 g/mol. The Morgan fingerprint density at radius 3 is 2.07 bits per heavy atom. The minimum atomic E-state index is -1.77. The molecule has 4 aromatic rings. The van der Waals surface area contributed by atoms with Crippen LogP contribution in [-0.4, -0.2) is 43.9 Å². The Morgan fingerprint density at radius 2 is 1.43 bits per heavy atom. The molecule has 0 amide bonds. The van der Waals surface area contributed by atoms with Crippen molar-refractivity contribution in [2.75, 3.05) is 20.5 Å². The van der Waals surface area contributed by atoms with Gasteiger partial charge in [-0.05, 0) is 59.2 Å². The summed E-state index contributed by atoms with van der Waals surface area (Å²) in [6, 6.07) is 34.1. The van der Waals surface area contributed by atoms with Gasteiger partial charge in [0.05, 0.1) is 32.0 Å². The molecule has 1 saturated heterocycles. The Bertz CT molecular complexity index is 1480. The van der Waals surface area contributed by atoms with Gasteiger partial charge in [-0.15, -0.1) is 0 Å². The maximum absolute atomic E-state index is 12.6. The Labute approximate surface area is 278 Å². The highest BCUT2D eigenvalue weighted by molar-refractivity contribution is 6.31. The lowest BCUT2D eigenvalue weighted by atomic mass is 9.81. The average Bonchev–Trinajstić information content (AvgIpc) is 3.09. The molecule has 1 aliphatic heterocycles. The summed E-state index contributed by atoms with van der Waals surface area (Å²) in [6.45, 7) is 5.77. The third-order valence-electron chi connectivity index (χ3n) is 8.69. The molecule has 6 nitrogen and oxygen atoms in total. The van der Waals surface area contributed by atoms with Crippen LogP contribution in [0.3, 0.4) is 0 Å². The van der Waals surface area contributed by atoms with E-state index in [4.69, 9.17) is 35.3 Å². The average molecular weight is 645 g/mol. The Morgan fingerprint density at radius 1 is 0.804 bits per heavy atom. The van der Waals surface area contributed by atoms with Crippen LogP contribution in [0.15, 0.2) is 103 Å². The molecule has 0 saturated carbocycles. The van der Waals surface area contributed by atoms with Crippen molar-refractivity contribution in [2.45, 2.75) is 70.4 Å². The van der Waals surface area contributed by atoms with Crippen LogP contribution in [0.25, 0.3) is 0 Å². The molecule has 5 atom stereocenters. The fourth-order valence-electron chi connectivity index (χ4n) is 6.09. The Kier molecular flexibility index (Phi) is 12.4. The maximum Gasteiger partial charge on any atom is 0.222 e. The molecule has 244 valence electrons. The molecular formula is C39H45ClO6. The molecule has 0 radical (unpaired) electrons. The first-order chi connectivity index (χ1) is 22.4. The number of aliphatic hydroxyl groups is 1. The molecule has 7 heteroatoms. The molecule has 0 aromatic heterocycles. The zero-order chi connectivity index (χ0) is 32.4. The lowest BCUT2D eigenvalue weighted by Gasteiger charge is -2.50. The predicted octanol–water partition coefficient (Wildman–Crippen LogP) is 7.85. The first-order valence-corrected chi connectivity index (χ1v) is 16.4. The van der Waals surface area contributed by atoms with Crippen molar-refractivity contribution < 1.29 is 28.8 Å². The van der Waals surface area contributed by atoms with Gasteiger partial charge in [-0.3, -0.25) is 0 Å². The molecule has 1 unspecified atom stereocenters. The van der Waals surface area contributed by atoms with Crippen LogP contribution in [0, 0.1) is 5.92 Å². The fraction of sp³-hybridized carbons (Fsp3) is 0.385. The van der Waals surface area contributed by atoms with Crippen molar-refractivity contribution in [1.29, 1.82) is 0 Å². The zero-order valence-electron chi connectivity index (χ0n) is 26.9. The van der Waals surface area contributed by atoms with Crippen molar-refractivity contribution in [3.8, 4) is 0 Å². The van der Waals surface area contributed by atoms with Crippen LogP contribution in [0.1, 0.15) is 53.6 Å². The van der Waals surface area contributed by atoms with Gasteiger partial charge in [0.25, 0.3) is 0 Å². The van der Waals surface area contributed by atoms with Crippen LogP contribution in [0.2, 0.25) is 5.02 Å². The van der Waals surface area contributed by atoms with Gasteiger partial charge >= 0.3 is 0 Å². The highest BCUT2D eigenvalue weighted by Crippen LogP contribution is 2.44. The number of rotatable bonds is 15. The lowest BCUT2D eigenvalue weighted by Crippen LogP contribution is -2.61. The lowest BCUT2D eigenvalue weighted by molar-refractivity contribution is -0.361. The third kappa shape index (κ3) is 8.64. The van der Waals surface area contributed by atoms with Gasteiger partial charge < -0.3 is 28.8 Å². The largest absolute Gasteiger partial charge is 0.370 e. The van der Waals surface area contributed by atoms with E-state index in [-0.39, 0.29) is 12.0 Å². The second-order valence-corrected chi connectivity index (χ2v) is 12.4. The Balaban J connectivity index is 1.43. The van der Waals surface area contributed by atoms with Crippen LogP contribution < -0.4 is 0 Å². The van der Waals surface area contributed by atoms with Crippen molar-refractivity contribution in [3.05, 3.63) is 142 Å². The molecule has 0 bridgehead atoms. The Hall–Kier alpha value is -3.07. The number of hydrogen-bond donors (Lipinski definition) is 1. The maximum atomic E-state index is 12.6. The quantitative estimate of drug-likeness (QED) is 0.105. The second-order valence-electron chi connectivity index (χ2n) is 12.0. The first-order valence-electron chi connectivity index (χ1n) is 16.1. The van der Waals surface area contributed by atoms with Gasteiger partial charge in [-0.2, -0.15) is 0 Å². The van der Waals surface area contributed by atoms with E-state index in [0.29, 0.717) is 50.0 Å². The van der Waals surface area contributed by atoms with Crippen molar-refractivity contribution in [1.82, 2.24) is 0 Å². The van der Waals surface area contributed by atoms with E-state index in [1.54, 1.807) is 7.11 Å². The standard InChI is InChI=1S/C39H45ClO6/c1-4-36-28(2)37(44-25-31-11-7-5-8-12-31)38(45-26-32-13-9-6-10-14-32)39(41,46-36)34-19-20-35(40)33(24-34)23-30-17-15-29(16-18-30)21-22-43-27-42-3/h5-20,24,28,36-38,41H,4,21-23,25-27H2,1-3H3/t28-,36-,37+,38-,39?/m1/s1. The SMILES string of the molecule is CC[C@H]1OC(O)(c2ccc(Cl)c(Cc3ccc(CCOCOC)cc3)c2)[C@H](OCc2ccccc2)[C@@H](OCc2ccccc2)[C@@H]1C. The second kappa shape index (κ2) is 16.7. The van der Waals surface area contributed by atoms with Gasteiger partial charge in [0.2, 0.25) is 5.79 Å².